The van der Waals surface area contributed by atoms with E-state index in [0.29, 0.717) is 11.7 Å². The predicted octanol–water partition coefficient (Wildman–Crippen LogP) is 3.91. The first-order chi connectivity index (χ1) is 9.15. The van der Waals surface area contributed by atoms with Crippen LogP contribution < -0.4 is 4.74 Å². The zero-order valence-electron chi connectivity index (χ0n) is 11.9. The maximum absolute atomic E-state index is 5.66. The first-order valence-corrected chi connectivity index (χ1v) is 7.51. The quantitative estimate of drug-likeness (QED) is 0.811. The van der Waals surface area contributed by atoms with Crippen LogP contribution in [0.3, 0.4) is 0 Å². The van der Waals surface area contributed by atoms with Gasteiger partial charge >= 0.3 is 0 Å². The molecule has 0 saturated heterocycles. The van der Waals surface area contributed by atoms with Crippen LogP contribution in [0.5, 0.6) is 5.75 Å². The SMILES string of the molecule is CCCOc1ccc2c(c1)nc(CS)n2CC(C)C. The normalized spacial score (nSPS) is 11.4. The molecular formula is C15H22N2OS. The lowest BCUT2D eigenvalue weighted by Crippen LogP contribution is -2.07. The van der Waals surface area contributed by atoms with Gasteiger partial charge in [-0.25, -0.2) is 4.98 Å². The summed E-state index contributed by atoms with van der Waals surface area (Å²) in [5.74, 6) is 3.17. The summed E-state index contributed by atoms with van der Waals surface area (Å²) >= 11 is 4.38. The Balaban J connectivity index is 2.39. The van der Waals surface area contributed by atoms with Gasteiger partial charge in [0, 0.05) is 18.4 Å². The molecule has 4 heteroatoms. The van der Waals surface area contributed by atoms with Crippen molar-refractivity contribution in [3.05, 3.63) is 24.0 Å². The van der Waals surface area contributed by atoms with Crippen molar-refractivity contribution >= 4 is 23.7 Å². The summed E-state index contributed by atoms with van der Waals surface area (Å²) < 4.78 is 7.92. The van der Waals surface area contributed by atoms with E-state index in [1.54, 1.807) is 0 Å². The van der Waals surface area contributed by atoms with E-state index in [0.717, 1.165) is 36.7 Å². The number of hydrogen-bond acceptors (Lipinski definition) is 3. The van der Waals surface area contributed by atoms with Crippen LogP contribution in [0.25, 0.3) is 11.0 Å². The molecule has 0 bridgehead atoms. The van der Waals surface area contributed by atoms with Crippen molar-refractivity contribution in [2.24, 2.45) is 5.92 Å². The number of hydrogen-bond donors (Lipinski definition) is 1. The highest BCUT2D eigenvalue weighted by atomic mass is 32.1. The lowest BCUT2D eigenvalue weighted by atomic mass is 10.2. The van der Waals surface area contributed by atoms with Crippen molar-refractivity contribution in [2.75, 3.05) is 6.61 Å². The molecule has 0 spiro atoms. The van der Waals surface area contributed by atoms with Crippen molar-refractivity contribution in [1.82, 2.24) is 9.55 Å². The van der Waals surface area contributed by atoms with Gasteiger partial charge in [0.2, 0.25) is 0 Å². The standard InChI is InChI=1S/C15H22N2OS/c1-4-7-18-12-5-6-14-13(8-12)16-15(10-19)17(14)9-11(2)3/h5-6,8,11,19H,4,7,9-10H2,1-3H3. The minimum atomic E-state index is 0.590. The van der Waals surface area contributed by atoms with E-state index in [9.17, 15) is 0 Å². The van der Waals surface area contributed by atoms with Crippen molar-refractivity contribution in [3.63, 3.8) is 0 Å². The van der Waals surface area contributed by atoms with Crippen LogP contribution >= 0.6 is 12.6 Å². The molecular weight excluding hydrogens is 256 g/mol. The van der Waals surface area contributed by atoms with Crippen molar-refractivity contribution < 1.29 is 4.74 Å². The Morgan fingerprint density at radius 1 is 1.37 bits per heavy atom. The van der Waals surface area contributed by atoms with Crippen LogP contribution in [0.1, 0.15) is 33.0 Å². The molecule has 19 heavy (non-hydrogen) atoms. The van der Waals surface area contributed by atoms with Crippen LogP contribution in [0, 0.1) is 5.92 Å². The molecule has 0 N–H and O–H groups in total. The highest BCUT2D eigenvalue weighted by Crippen LogP contribution is 2.23. The number of thiol groups is 1. The molecule has 2 rings (SSSR count). The summed E-state index contributed by atoms with van der Waals surface area (Å²) in [6.45, 7) is 8.26. The number of fused-ring (bicyclic) bond motifs is 1. The fraction of sp³-hybridized carbons (Fsp3) is 0.533. The Hall–Kier alpha value is -1.16. The van der Waals surface area contributed by atoms with Gasteiger partial charge in [-0.05, 0) is 24.5 Å². The van der Waals surface area contributed by atoms with Gasteiger partial charge in [-0.1, -0.05) is 20.8 Å². The average Bonchev–Trinajstić information content (AvgIpc) is 2.73. The highest BCUT2D eigenvalue weighted by molar-refractivity contribution is 7.79. The monoisotopic (exact) mass is 278 g/mol. The van der Waals surface area contributed by atoms with Gasteiger partial charge in [0.15, 0.2) is 0 Å². The van der Waals surface area contributed by atoms with Crippen LogP contribution in [0.15, 0.2) is 18.2 Å². The summed E-state index contributed by atoms with van der Waals surface area (Å²) in [6.07, 6.45) is 1.02. The van der Waals surface area contributed by atoms with Crippen LogP contribution in [0.4, 0.5) is 0 Å². The van der Waals surface area contributed by atoms with E-state index in [4.69, 9.17) is 4.74 Å². The zero-order valence-corrected chi connectivity index (χ0v) is 12.8. The number of benzene rings is 1. The minimum Gasteiger partial charge on any atom is -0.494 e. The van der Waals surface area contributed by atoms with Crippen LogP contribution in [0.2, 0.25) is 0 Å². The van der Waals surface area contributed by atoms with E-state index in [2.05, 4.69) is 49.0 Å². The van der Waals surface area contributed by atoms with E-state index in [1.807, 2.05) is 12.1 Å². The second-order valence-electron chi connectivity index (χ2n) is 5.19. The number of nitrogens with zero attached hydrogens (tertiary/aromatic N) is 2. The Labute approximate surface area is 120 Å². The van der Waals surface area contributed by atoms with Gasteiger partial charge < -0.3 is 9.30 Å². The van der Waals surface area contributed by atoms with Gasteiger partial charge in [-0.3, -0.25) is 0 Å². The second-order valence-corrected chi connectivity index (χ2v) is 5.51. The number of aromatic nitrogens is 2. The topological polar surface area (TPSA) is 27.1 Å². The molecule has 0 aliphatic rings. The third-order valence-electron chi connectivity index (χ3n) is 2.96. The summed E-state index contributed by atoms with van der Waals surface area (Å²) in [6, 6.07) is 6.15. The molecule has 0 atom stereocenters. The molecule has 0 amide bonds. The molecule has 0 saturated carbocycles. The average molecular weight is 278 g/mol. The maximum Gasteiger partial charge on any atom is 0.121 e. The van der Waals surface area contributed by atoms with Gasteiger partial charge in [0.1, 0.15) is 11.6 Å². The van der Waals surface area contributed by atoms with Gasteiger partial charge in [0.25, 0.3) is 0 Å². The number of ether oxygens (including phenoxy) is 1. The van der Waals surface area contributed by atoms with E-state index in [-0.39, 0.29) is 0 Å². The first kappa shape index (κ1) is 14.3. The highest BCUT2D eigenvalue weighted by Gasteiger charge is 2.11. The number of imidazole rings is 1. The second kappa shape index (κ2) is 6.33. The molecule has 0 fully saturated rings. The lowest BCUT2D eigenvalue weighted by Gasteiger charge is -2.10. The predicted molar refractivity (Wildman–Crippen MR) is 83.0 cm³/mol. The van der Waals surface area contributed by atoms with Gasteiger partial charge in [-0.15, -0.1) is 0 Å². The molecule has 1 aromatic heterocycles. The van der Waals surface area contributed by atoms with E-state index >= 15 is 0 Å². The molecule has 104 valence electrons. The van der Waals surface area contributed by atoms with Gasteiger partial charge in [0.05, 0.1) is 17.6 Å². The smallest absolute Gasteiger partial charge is 0.121 e. The van der Waals surface area contributed by atoms with Crippen molar-refractivity contribution in [3.8, 4) is 5.75 Å². The molecule has 0 radical (unpaired) electrons. The maximum atomic E-state index is 5.66. The summed E-state index contributed by atoms with van der Waals surface area (Å²) in [5.41, 5.74) is 2.17. The first-order valence-electron chi connectivity index (χ1n) is 6.88. The molecule has 0 aliphatic heterocycles. The van der Waals surface area contributed by atoms with Crippen LogP contribution in [-0.2, 0) is 12.3 Å². The third kappa shape index (κ3) is 3.24. The molecule has 0 unspecified atom stereocenters. The largest absolute Gasteiger partial charge is 0.494 e. The lowest BCUT2D eigenvalue weighted by molar-refractivity contribution is 0.318. The van der Waals surface area contributed by atoms with Crippen LogP contribution in [-0.4, -0.2) is 16.2 Å². The Morgan fingerprint density at radius 3 is 2.79 bits per heavy atom. The molecule has 2 aromatic rings. The third-order valence-corrected chi connectivity index (χ3v) is 3.24. The Bertz CT molecular complexity index is 548. The summed E-state index contributed by atoms with van der Waals surface area (Å²) in [7, 11) is 0. The van der Waals surface area contributed by atoms with E-state index in [1.165, 1.54) is 5.52 Å². The van der Waals surface area contributed by atoms with Crippen molar-refractivity contribution in [1.29, 1.82) is 0 Å². The molecule has 0 aliphatic carbocycles. The molecule has 1 aromatic carbocycles. The zero-order chi connectivity index (χ0) is 13.8. The Morgan fingerprint density at radius 2 is 2.16 bits per heavy atom. The number of rotatable bonds is 6. The molecule has 3 nitrogen and oxygen atoms in total. The van der Waals surface area contributed by atoms with Crippen molar-refractivity contribution in [2.45, 2.75) is 39.5 Å². The summed E-state index contributed by atoms with van der Waals surface area (Å²) in [5, 5.41) is 0. The fourth-order valence-electron chi connectivity index (χ4n) is 2.16. The molecule has 1 heterocycles. The minimum absolute atomic E-state index is 0.590. The van der Waals surface area contributed by atoms with Gasteiger partial charge in [-0.2, -0.15) is 12.6 Å². The summed E-state index contributed by atoms with van der Waals surface area (Å²) in [4.78, 5) is 4.66. The fourth-order valence-corrected chi connectivity index (χ4v) is 2.40. The Kier molecular flexibility index (Phi) is 4.75. The van der Waals surface area contributed by atoms with E-state index < -0.39 is 0 Å².